The quantitative estimate of drug-likeness (QED) is 0.758. The first-order chi connectivity index (χ1) is 7.97. The van der Waals surface area contributed by atoms with Crippen LogP contribution in [0, 0.1) is 0 Å². The van der Waals surface area contributed by atoms with Gasteiger partial charge in [-0.15, -0.1) is 0 Å². The third-order valence-electron chi connectivity index (χ3n) is 3.32. The van der Waals surface area contributed by atoms with E-state index in [1.807, 2.05) is 12.1 Å². The van der Waals surface area contributed by atoms with Gasteiger partial charge in [0.2, 0.25) is 0 Å². The number of ether oxygens (including phenoxy) is 1. The van der Waals surface area contributed by atoms with E-state index in [2.05, 4.69) is 37.8 Å². The minimum Gasteiger partial charge on any atom is -0.399 e. The van der Waals surface area contributed by atoms with Crippen LogP contribution >= 0.6 is 0 Å². The molecule has 1 fully saturated rings. The summed E-state index contributed by atoms with van der Waals surface area (Å²) >= 11 is 0. The van der Waals surface area contributed by atoms with Gasteiger partial charge in [0, 0.05) is 24.3 Å². The van der Waals surface area contributed by atoms with E-state index in [9.17, 15) is 0 Å². The number of benzene rings is 1. The van der Waals surface area contributed by atoms with Gasteiger partial charge >= 0.3 is 0 Å². The zero-order chi connectivity index (χ0) is 12.5. The van der Waals surface area contributed by atoms with E-state index in [0.717, 1.165) is 25.4 Å². The van der Waals surface area contributed by atoms with E-state index < -0.39 is 0 Å². The lowest BCUT2D eigenvalue weighted by Crippen LogP contribution is -2.48. The fraction of sp³-hybridized carbons (Fsp3) is 0.571. The molecule has 0 aromatic heterocycles. The maximum Gasteiger partial charge on any atom is 0.0952 e. The molecule has 1 saturated heterocycles. The summed E-state index contributed by atoms with van der Waals surface area (Å²) in [7, 11) is 0. The molecule has 0 aliphatic carbocycles. The second-order valence-corrected chi connectivity index (χ2v) is 5.64. The van der Waals surface area contributed by atoms with Gasteiger partial charge in [0.05, 0.1) is 12.7 Å². The summed E-state index contributed by atoms with van der Waals surface area (Å²) in [6, 6.07) is 8.00. The van der Waals surface area contributed by atoms with Gasteiger partial charge in [-0.25, -0.2) is 0 Å². The van der Waals surface area contributed by atoms with E-state index >= 15 is 0 Å². The van der Waals surface area contributed by atoms with Crippen LogP contribution in [0.15, 0.2) is 24.3 Å². The van der Waals surface area contributed by atoms with Crippen LogP contribution in [0.4, 0.5) is 5.69 Å². The summed E-state index contributed by atoms with van der Waals surface area (Å²) in [5.41, 5.74) is 7.92. The Hall–Kier alpha value is -1.06. The number of rotatable bonds is 1. The van der Waals surface area contributed by atoms with Gasteiger partial charge in [0.15, 0.2) is 0 Å². The van der Waals surface area contributed by atoms with Crippen LogP contribution in [0.1, 0.15) is 32.4 Å². The summed E-state index contributed by atoms with van der Waals surface area (Å²) in [5, 5.41) is 0. The van der Waals surface area contributed by atoms with Crippen LogP contribution in [0.25, 0.3) is 0 Å². The third kappa shape index (κ3) is 2.99. The number of morpholine rings is 1. The van der Waals surface area contributed by atoms with Crippen molar-refractivity contribution in [1.29, 1.82) is 0 Å². The zero-order valence-electron chi connectivity index (χ0n) is 10.9. The van der Waals surface area contributed by atoms with Gasteiger partial charge < -0.3 is 10.5 Å². The number of nitrogens with zero attached hydrogens (tertiary/aromatic N) is 1. The van der Waals surface area contributed by atoms with Crippen molar-refractivity contribution in [3.8, 4) is 0 Å². The highest BCUT2D eigenvalue weighted by atomic mass is 16.5. The van der Waals surface area contributed by atoms with E-state index in [1.54, 1.807) is 0 Å². The molecule has 17 heavy (non-hydrogen) atoms. The smallest absolute Gasteiger partial charge is 0.0952 e. The Labute approximate surface area is 104 Å². The fourth-order valence-electron chi connectivity index (χ4n) is 2.17. The highest BCUT2D eigenvalue weighted by Gasteiger charge is 2.28. The van der Waals surface area contributed by atoms with Crippen molar-refractivity contribution in [3.05, 3.63) is 29.8 Å². The van der Waals surface area contributed by atoms with E-state index in [1.165, 1.54) is 5.56 Å². The van der Waals surface area contributed by atoms with E-state index in [-0.39, 0.29) is 11.6 Å². The number of hydrogen-bond donors (Lipinski definition) is 1. The Bertz CT molecular complexity index is 367. The maximum atomic E-state index is 5.85. The molecule has 0 bridgehead atoms. The molecule has 0 radical (unpaired) electrons. The first-order valence-corrected chi connectivity index (χ1v) is 6.19. The molecule has 1 aromatic rings. The van der Waals surface area contributed by atoms with Crippen LogP contribution in [0.5, 0.6) is 0 Å². The van der Waals surface area contributed by atoms with Gasteiger partial charge in [-0.2, -0.15) is 0 Å². The Morgan fingerprint density at radius 3 is 2.47 bits per heavy atom. The molecule has 1 aliphatic heterocycles. The van der Waals surface area contributed by atoms with Gasteiger partial charge in [-0.3, -0.25) is 4.90 Å². The minimum atomic E-state index is 0.170. The molecular weight excluding hydrogens is 212 g/mol. The molecular formula is C14H22N2O. The maximum absolute atomic E-state index is 5.85. The van der Waals surface area contributed by atoms with Crippen LogP contribution in [0.3, 0.4) is 0 Å². The lowest BCUT2D eigenvalue weighted by Gasteiger charge is -2.41. The Morgan fingerprint density at radius 2 is 1.88 bits per heavy atom. The average Bonchev–Trinajstić information content (AvgIpc) is 2.29. The minimum absolute atomic E-state index is 0.170. The Balaban J connectivity index is 2.09. The summed E-state index contributed by atoms with van der Waals surface area (Å²) in [4.78, 5) is 2.47. The first-order valence-electron chi connectivity index (χ1n) is 6.19. The second-order valence-electron chi connectivity index (χ2n) is 5.64. The number of nitrogen functional groups attached to an aromatic ring is 1. The molecule has 0 saturated carbocycles. The molecule has 1 aromatic carbocycles. The molecule has 1 atom stereocenters. The summed E-state index contributed by atoms with van der Waals surface area (Å²) in [6.07, 6.45) is 0.170. The SMILES string of the molecule is CC(C)(C)N1CCO[C@@H](c2ccc(N)cc2)C1. The van der Waals surface area contributed by atoms with Crippen molar-refractivity contribution in [1.82, 2.24) is 4.90 Å². The number of hydrogen-bond acceptors (Lipinski definition) is 3. The summed E-state index contributed by atoms with van der Waals surface area (Å²) < 4.78 is 5.85. The van der Waals surface area contributed by atoms with Crippen LogP contribution in [-0.2, 0) is 4.74 Å². The normalized spacial score (nSPS) is 22.6. The van der Waals surface area contributed by atoms with Crippen molar-refractivity contribution in [3.63, 3.8) is 0 Å². The van der Waals surface area contributed by atoms with Gasteiger partial charge in [-0.1, -0.05) is 12.1 Å². The summed E-state index contributed by atoms with van der Waals surface area (Å²) in [6.45, 7) is 9.50. The van der Waals surface area contributed by atoms with Crippen molar-refractivity contribution >= 4 is 5.69 Å². The topological polar surface area (TPSA) is 38.5 Å². The van der Waals surface area contributed by atoms with Gasteiger partial charge in [-0.05, 0) is 38.5 Å². The lowest BCUT2D eigenvalue weighted by molar-refractivity contribution is -0.0596. The first kappa shape index (κ1) is 12.4. The molecule has 0 spiro atoms. The molecule has 2 rings (SSSR count). The predicted molar refractivity (Wildman–Crippen MR) is 70.9 cm³/mol. The Kier molecular flexibility index (Phi) is 3.40. The van der Waals surface area contributed by atoms with E-state index in [4.69, 9.17) is 10.5 Å². The fourth-order valence-corrected chi connectivity index (χ4v) is 2.17. The summed E-state index contributed by atoms with van der Waals surface area (Å²) in [5.74, 6) is 0. The molecule has 1 aliphatic rings. The molecule has 3 nitrogen and oxygen atoms in total. The van der Waals surface area contributed by atoms with Crippen molar-refractivity contribution in [2.24, 2.45) is 0 Å². The highest BCUT2D eigenvalue weighted by Crippen LogP contribution is 2.26. The highest BCUT2D eigenvalue weighted by molar-refractivity contribution is 5.40. The van der Waals surface area contributed by atoms with Gasteiger partial charge in [0.1, 0.15) is 0 Å². The van der Waals surface area contributed by atoms with Crippen LogP contribution in [-0.4, -0.2) is 30.1 Å². The third-order valence-corrected chi connectivity index (χ3v) is 3.32. The van der Waals surface area contributed by atoms with Gasteiger partial charge in [0.25, 0.3) is 0 Å². The molecule has 1 heterocycles. The van der Waals surface area contributed by atoms with Crippen LogP contribution < -0.4 is 5.73 Å². The Morgan fingerprint density at radius 1 is 1.24 bits per heavy atom. The number of anilines is 1. The molecule has 0 unspecified atom stereocenters. The lowest BCUT2D eigenvalue weighted by atomic mass is 10.0. The second kappa shape index (κ2) is 4.67. The van der Waals surface area contributed by atoms with Crippen molar-refractivity contribution < 1.29 is 4.74 Å². The zero-order valence-corrected chi connectivity index (χ0v) is 10.9. The number of nitrogens with two attached hydrogens (primary N) is 1. The molecule has 0 amide bonds. The standard InChI is InChI=1S/C14H22N2O/c1-14(2,3)16-8-9-17-13(10-16)11-4-6-12(15)7-5-11/h4-7,13H,8-10,15H2,1-3H3/t13-/m1/s1. The molecule has 94 valence electrons. The van der Waals surface area contributed by atoms with E-state index in [0.29, 0.717) is 0 Å². The average molecular weight is 234 g/mol. The predicted octanol–water partition coefficient (Wildman–Crippen LogP) is 2.44. The van der Waals surface area contributed by atoms with Crippen molar-refractivity contribution in [2.75, 3.05) is 25.4 Å². The molecule has 2 N–H and O–H groups in total. The molecule has 3 heteroatoms. The van der Waals surface area contributed by atoms with Crippen LogP contribution in [0.2, 0.25) is 0 Å². The monoisotopic (exact) mass is 234 g/mol. The largest absolute Gasteiger partial charge is 0.399 e. The van der Waals surface area contributed by atoms with Crippen molar-refractivity contribution in [2.45, 2.75) is 32.4 Å².